The Balaban J connectivity index is 0.00000341. The molecule has 0 atom stereocenters. The second-order valence-electron chi connectivity index (χ2n) is 6.72. The van der Waals surface area contributed by atoms with E-state index in [1.807, 2.05) is 20.0 Å². The standard InChI is InChI=1S/C21H26BrN5O2S.ClH/c1-4-28-19-12-17(13-23-9-10-30-21-24-25-26-27(21)3)11-18(22)20(19)29-14-16-7-5-15(2)6-8-16;/h5-8,11-12,23H,4,9-10,13-14H2,1-3H3;1H. The molecule has 168 valence electrons. The first kappa shape index (κ1) is 25.5. The minimum absolute atomic E-state index is 0. The van der Waals surface area contributed by atoms with Crippen molar-refractivity contribution in [3.05, 3.63) is 57.6 Å². The van der Waals surface area contributed by atoms with Gasteiger partial charge in [0.2, 0.25) is 5.16 Å². The van der Waals surface area contributed by atoms with Crippen LogP contribution in [0.3, 0.4) is 0 Å². The van der Waals surface area contributed by atoms with Crippen molar-refractivity contribution in [3.8, 4) is 11.5 Å². The molecule has 0 aliphatic rings. The Morgan fingerprint density at radius 2 is 1.90 bits per heavy atom. The van der Waals surface area contributed by atoms with Crippen LogP contribution in [0.5, 0.6) is 11.5 Å². The first-order chi connectivity index (χ1) is 14.6. The summed E-state index contributed by atoms with van der Waals surface area (Å²) in [5, 5.41) is 15.7. The van der Waals surface area contributed by atoms with Crippen molar-refractivity contribution in [1.82, 2.24) is 25.5 Å². The van der Waals surface area contributed by atoms with Gasteiger partial charge in [-0.15, -0.1) is 17.5 Å². The van der Waals surface area contributed by atoms with Gasteiger partial charge in [-0.2, -0.15) is 0 Å². The quantitative estimate of drug-likeness (QED) is 0.289. The number of ether oxygens (including phenoxy) is 2. The molecule has 1 aromatic heterocycles. The van der Waals surface area contributed by atoms with Gasteiger partial charge >= 0.3 is 0 Å². The van der Waals surface area contributed by atoms with Crippen LogP contribution in [0.25, 0.3) is 0 Å². The minimum atomic E-state index is 0. The van der Waals surface area contributed by atoms with E-state index in [1.165, 1.54) is 5.56 Å². The van der Waals surface area contributed by atoms with Gasteiger partial charge in [0.15, 0.2) is 11.5 Å². The molecule has 0 radical (unpaired) electrons. The highest BCUT2D eigenvalue weighted by molar-refractivity contribution is 9.10. The van der Waals surface area contributed by atoms with E-state index in [2.05, 4.69) is 74.0 Å². The Morgan fingerprint density at radius 3 is 2.58 bits per heavy atom. The molecule has 1 heterocycles. The topological polar surface area (TPSA) is 74.1 Å². The lowest BCUT2D eigenvalue weighted by Gasteiger charge is -2.16. The van der Waals surface area contributed by atoms with Crippen LogP contribution >= 0.6 is 40.1 Å². The van der Waals surface area contributed by atoms with Crippen LogP contribution < -0.4 is 14.8 Å². The SMILES string of the molecule is CCOc1cc(CNCCSc2nnnn2C)cc(Br)c1OCc1ccc(C)cc1.Cl. The fourth-order valence-electron chi connectivity index (χ4n) is 2.76. The van der Waals surface area contributed by atoms with Crippen molar-refractivity contribution < 1.29 is 9.47 Å². The van der Waals surface area contributed by atoms with Crippen LogP contribution in [0.2, 0.25) is 0 Å². The fourth-order valence-corrected chi connectivity index (χ4v) is 4.11. The van der Waals surface area contributed by atoms with Crippen molar-refractivity contribution in [2.45, 2.75) is 32.2 Å². The molecule has 31 heavy (non-hydrogen) atoms. The molecule has 0 unspecified atom stereocenters. The number of nitrogens with one attached hydrogen (secondary N) is 1. The van der Waals surface area contributed by atoms with E-state index in [0.717, 1.165) is 51.1 Å². The van der Waals surface area contributed by atoms with Gasteiger partial charge in [-0.3, -0.25) is 0 Å². The summed E-state index contributed by atoms with van der Waals surface area (Å²) in [6.07, 6.45) is 0. The third kappa shape index (κ3) is 7.68. The predicted octanol–water partition coefficient (Wildman–Crippen LogP) is 4.56. The summed E-state index contributed by atoms with van der Waals surface area (Å²) < 4.78 is 14.5. The van der Waals surface area contributed by atoms with Crippen molar-refractivity contribution in [2.24, 2.45) is 7.05 Å². The monoisotopic (exact) mass is 527 g/mol. The molecule has 7 nitrogen and oxygen atoms in total. The van der Waals surface area contributed by atoms with Crippen molar-refractivity contribution in [3.63, 3.8) is 0 Å². The fraction of sp³-hybridized carbons (Fsp3) is 0.381. The molecule has 0 saturated carbocycles. The van der Waals surface area contributed by atoms with Gasteiger partial charge in [-0.25, -0.2) is 4.68 Å². The number of hydrogen-bond donors (Lipinski definition) is 1. The van der Waals surface area contributed by atoms with Gasteiger partial charge in [0.05, 0.1) is 11.1 Å². The smallest absolute Gasteiger partial charge is 0.209 e. The number of aryl methyl sites for hydroxylation is 2. The third-order valence-corrected chi connectivity index (χ3v) is 5.89. The molecule has 10 heteroatoms. The van der Waals surface area contributed by atoms with Crippen LogP contribution in [0.4, 0.5) is 0 Å². The zero-order chi connectivity index (χ0) is 21.3. The largest absolute Gasteiger partial charge is 0.490 e. The first-order valence-corrected chi connectivity index (χ1v) is 11.5. The molecule has 0 fully saturated rings. The Morgan fingerprint density at radius 1 is 1.13 bits per heavy atom. The molecule has 1 N–H and O–H groups in total. The highest BCUT2D eigenvalue weighted by Gasteiger charge is 2.13. The number of benzene rings is 2. The van der Waals surface area contributed by atoms with Crippen LogP contribution in [-0.4, -0.2) is 39.1 Å². The summed E-state index contributed by atoms with van der Waals surface area (Å²) in [7, 11) is 1.84. The van der Waals surface area contributed by atoms with E-state index in [1.54, 1.807) is 16.4 Å². The highest BCUT2D eigenvalue weighted by atomic mass is 79.9. The summed E-state index contributed by atoms with van der Waals surface area (Å²) in [5.41, 5.74) is 3.48. The number of rotatable bonds is 11. The Kier molecular flexibility index (Phi) is 10.6. The van der Waals surface area contributed by atoms with Crippen LogP contribution in [-0.2, 0) is 20.2 Å². The zero-order valence-electron chi connectivity index (χ0n) is 17.8. The molecule has 0 bridgehead atoms. The van der Waals surface area contributed by atoms with Crippen LogP contribution in [0, 0.1) is 6.92 Å². The van der Waals surface area contributed by atoms with Crippen LogP contribution in [0.1, 0.15) is 23.6 Å². The number of thioether (sulfide) groups is 1. The maximum atomic E-state index is 6.08. The van der Waals surface area contributed by atoms with Gasteiger partial charge < -0.3 is 14.8 Å². The maximum absolute atomic E-state index is 6.08. The van der Waals surface area contributed by atoms with Crippen molar-refractivity contribution >= 4 is 40.1 Å². The lowest BCUT2D eigenvalue weighted by Crippen LogP contribution is -2.17. The van der Waals surface area contributed by atoms with Gasteiger partial charge in [0.25, 0.3) is 0 Å². The lowest BCUT2D eigenvalue weighted by molar-refractivity contribution is 0.267. The van der Waals surface area contributed by atoms with E-state index in [0.29, 0.717) is 13.2 Å². The van der Waals surface area contributed by atoms with Crippen molar-refractivity contribution in [2.75, 3.05) is 18.9 Å². The molecule has 0 amide bonds. The molecule has 2 aromatic carbocycles. The summed E-state index contributed by atoms with van der Waals surface area (Å²) in [5.74, 6) is 2.35. The molecule has 0 saturated heterocycles. The highest BCUT2D eigenvalue weighted by Crippen LogP contribution is 2.37. The summed E-state index contributed by atoms with van der Waals surface area (Å²) in [4.78, 5) is 0. The van der Waals surface area contributed by atoms with Gasteiger partial charge in [0.1, 0.15) is 6.61 Å². The van der Waals surface area contributed by atoms with Gasteiger partial charge in [-0.1, -0.05) is 41.6 Å². The molecule has 0 aliphatic carbocycles. The molecular formula is C21H27BrClN5O2S. The average molecular weight is 529 g/mol. The number of hydrogen-bond acceptors (Lipinski definition) is 7. The Hall–Kier alpha value is -1.81. The molecule has 3 rings (SSSR count). The Labute approximate surface area is 201 Å². The number of halogens is 2. The second-order valence-corrected chi connectivity index (χ2v) is 8.64. The summed E-state index contributed by atoms with van der Waals surface area (Å²) in [6, 6.07) is 12.4. The van der Waals surface area contributed by atoms with Gasteiger partial charge in [0, 0.05) is 25.9 Å². The average Bonchev–Trinajstić information content (AvgIpc) is 3.13. The Bertz CT molecular complexity index is 955. The normalized spacial score (nSPS) is 10.6. The predicted molar refractivity (Wildman–Crippen MR) is 129 cm³/mol. The van der Waals surface area contributed by atoms with E-state index in [4.69, 9.17) is 9.47 Å². The van der Waals surface area contributed by atoms with E-state index in [-0.39, 0.29) is 12.4 Å². The number of nitrogens with zero attached hydrogens (tertiary/aromatic N) is 4. The third-order valence-electron chi connectivity index (χ3n) is 4.29. The summed E-state index contributed by atoms with van der Waals surface area (Å²) >= 11 is 5.27. The zero-order valence-corrected chi connectivity index (χ0v) is 21.0. The minimum Gasteiger partial charge on any atom is -0.490 e. The van der Waals surface area contributed by atoms with Gasteiger partial charge in [-0.05, 0) is 63.5 Å². The van der Waals surface area contributed by atoms with Crippen LogP contribution in [0.15, 0.2) is 46.0 Å². The number of aromatic nitrogens is 4. The maximum Gasteiger partial charge on any atom is 0.209 e. The van der Waals surface area contributed by atoms with E-state index in [9.17, 15) is 0 Å². The molecular weight excluding hydrogens is 502 g/mol. The molecule has 3 aromatic rings. The second kappa shape index (κ2) is 12.9. The van der Waals surface area contributed by atoms with E-state index < -0.39 is 0 Å². The van der Waals surface area contributed by atoms with E-state index >= 15 is 0 Å². The lowest BCUT2D eigenvalue weighted by atomic mass is 10.1. The molecule has 0 spiro atoms. The molecule has 0 aliphatic heterocycles. The first-order valence-electron chi connectivity index (χ1n) is 9.76. The number of tetrazole rings is 1. The van der Waals surface area contributed by atoms with Crippen molar-refractivity contribution in [1.29, 1.82) is 0 Å². The summed E-state index contributed by atoms with van der Waals surface area (Å²) in [6.45, 7) is 6.69.